The molecule has 1 heterocycles. The number of rotatable bonds is 8. The molecular formula is C25H34O4. The van der Waals surface area contributed by atoms with Gasteiger partial charge in [-0.25, -0.2) is 0 Å². The van der Waals surface area contributed by atoms with Crippen molar-refractivity contribution in [2.45, 2.75) is 84.4 Å². The third-order valence-corrected chi connectivity index (χ3v) is 5.31. The van der Waals surface area contributed by atoms with Gasteiger partial charge in [0.2, 0.25) is 5.79 Å². The van der Waals surface area contributed by atoms with Gasteiger partial charge in [-0.1, -0.05) is 31.5 Å². The zero-order valence-electron chi connectivity index (χ0n) is 18.3. The summed E-state index contributed by atoms with van der Waals surface area (Å²) in [4.78, 5) is 0. The molecule has 4 nitrogen and oxygen atoms in total. The van der Waals surface area contributed by atoms with E-state index in [1.807, 2.05) is 52.0 Å². The summed E-state index contributed by atoms with van der Waals surface area (Å²) in [5, 5.41) is 9.89. The molecule has 0 saturated carbocycles. The highest BCUT2D eigenvalue weighted by molar-refractivity contribution is 5.38. The lowest BCUT2D eigenvalue weighted by Crippen LogP contribution is -2.35. The Morgan fingerprint density at radius 3 is 2.72 bits per heavy atom. The van der Waals surface area contributed by atoms with Crippen molar-refractivity contribution in [1.82, 2.24) is 0 Å². The molecule has 1 N–H and O–H groups in total. The van der Waals surface area contributed by atoms with Crippen molar-refractivity contribution in [3.63, 3.8) is 0 Å². The van der Waals surface area contributed by atoms with E-state index in [0.717, 1.165) is 41.9 Å². The van der Waals surface area contributed by atoms with E-state index >= 15 is 0 Å². The maximum absolute atomic E-state index is 9.89. The number of aliphatic hydroxyl groups is 1. The SMILES string of the molecule is CC(CCCC(C)(C)O)c1cccc(OCc2ccc3c(c2)COC(C)(C)O3)c1. The predicted octanol–water partition coefficient (Wildman–Crippen LogP) is 5.96. The minimum Gasteiger partial charge on any atom is -0.489 e. The summed E-state index contributed by atoms with van der Waals surface area (Å²) in [6.07, 6.45) is 2.87. The van der Waals surface area contributed by atoms with Gasteiger partial charge in [0.25, 0.3) is 0 Å². The molecular weight excluding hydrogens is 364 g/mol. The second-order valence-corrected chi connectivity index (χ2v) is 9.20. The summed E-state index contributed by atoms with van der Waals surface area (Å²) in [5.74, 6) is 1.62. The van der Waals surface area contributed by atoms with Crippen LogP contribution in [0.1, 0.15) is 76.5 Å². The molecule has 0 aliphatic carbocycles. The molecule has 1 aliphatic heterocycles. The molecule has 3 rings (SSSR count). The lowest BCUT2D eigenvalue weighted by Gasteiger charge is -2.32. The molecule has 158 valence electrons. The molecule has 0 saturated heterocycles. The van der Waals surface area contributed by atoms with Gasteiger partial charge in [0.1, 0.15) is 18.1 Å². The Bertz CT molecular complexity index is 820. The second kappa shape index (κ2) is 8.76. The Morgan fingerprint density at radius 2 is 1.97 bits per heavy atom. The monoisotopic (exact) mass is 398 g/mol. The smallest absolute Gasteiger partial charge is 0.205 e. The lowest BCUT2D eigenvalue weighted by atomic mass is 9.92. The fourth-order valence-corrected chi connectivity index (χ4v) is 3.57. The van der Waals surface area contributed by atoms with Crippen LogP contribution in [-0.2, 0) is 18.0 Å². The minimum atomic E-state index is -0.592. The Labute approximate surface area is 174 Å². The highest BCUT2D eigenvalue weighted by Crippen LogP contribution is 2.32. The lowest BCUT2D eigenvalue weighted by molar-refractivity contribution is -0.180. The summed E-state index contributed by atoms with van der Waals surface area (Å²) in [5.41, 5.74) is 2.83. The van der Waals surface area contributed by atoms with Crippen molar-refractivity contribution < 1.29 is 19.3 Å². The Hall–Kier alpha value is -2.04. The van der Waals surface area contributed by atoms with Crippen molar-refractivity contribution >= 4 is 0 Å². The van der Waals surface area contributed by atoms with Crippen LogP contribution in [0, 0.1) is 0 Å². The van der Waals surface area contributed by atoms with Crippen molar-refractivity contribution in [3.8, 4) is 11.5 Å². The first kappa shape index (κ1) is 21.7. The summed E-state index contributed by atoms with van der Waals surface area (Å²) in [6, 6.07) is 14.5. The number of fused-ring (bicyclic) bond motifs is 1. The van der Waals surface area contributed by atoms with E-state index in [2.05, 4.69) is 25.1 Å². The highest BCUT2D eigenvalue weighted by Gasteiger charge is 2.27. The quantitative estimate of drug-likeness (QED) is 0.596. The van der Waals surface area contributed by atoms with Crippen LogP contribution in [0.4, 0.5) is 0 Å². The summed E-state index contributed by atoms with van der Waals surface area (Å²) in [7, 11) is 0. The van der Waals surface area contributed by atoms with Gasteiger partial charge < -0.3 is 19.3 Å². The number of benzene rings is 2. The fraction of sp³-hybridized carbons (Fsp3) is 0.520. The molecule has 1 atom stereocenters. The topological polar surface area (TPSA) is 47.9 Å². The van der Waals surface area contributed by atoms with E-state index in [1.54, 1.807) is 0 Å². The van der Waals surface area contributed by atoms with Crippen LogP contribution in [0.3, 0.4) is 0 Å². The summed E-state index contributed by atoms with van der Waals surface area (Å²) < 4.78 is 17.6. The second-order valence-electron chi connectivity index (χ2n) is 9.20. The molecule has 1 aliphatic rings. The van der Waals surface area contributed by atoms with Crippen molar-refractivity contribution in [3.05, 3.63) is 59.2 Å². The largest absolute Gasteiger partial charge is 0.489 e. The van der Waals surface area contributed by atoms with Gasteiger partial charge in [0, 0.05) is 19.4 Å². The standard InChI is InChI=1S/C25H34O4/c1-18(8-7-13-24(2,3)26)20-9-6-10-22(15-20)27-16-19-11-12-23-21(14-19)17-28-25(4,5)29-23/h6,9-12,14-15,18,26H,7-8,13,16-17H2,1-5H3. The number of hydrogen-bond acceptors (Lipinski definition) is 4. The van der Waals surface area contributed by atoms with Gasteiger partial charge in [-0.3, -0.25) is 0 Å². The molecule has 0 aromatic heterocycles. The Balaban J connectivity index is 1.57. The van der Waals surface area contributed by atoms with Crippen LogP contribution >= 0.6 is 0 Å². The third kappa shape index (κ3) is 6.48. The van der Waals surface area contributed by atoms with Gasteiger partial charge in [-0.05, 0) is 68.0 Å². The number of hydrogen-bond donors (Lipinski definition) is 1. The maximum Gasteiger partial charge on any atom is 0.205 e. The van der Waals surface area contributed by atoms with Gasteiger partial charge in [0.15, 0.2) is 0 Å². The van der Waals surface area contributed by atoms with Crippen LogP contribution in [-0.4, -0.2) is 16.5 Å². The summed E-state index contributed by atoms with van der Waals surface area (Å²) in [6.45, 7) is 10.9. The van der Waals surface area contributed by atoms with Crippen LogP contribution in [0.5, 0.6) is 11.5 Å². The molecule has 1 unspecified atom stereocenters. The molecule has 0 radical (unpaired) electrons. The van der Waals surface area contributed by atoms with Crippen LogP contribution in [0.15, 0.2) is 42.5 Å². The highest BCUT2D eigenvalue weighted by atomic mass is 16.7. The van der Waals surface area contributed by atoms with Crippen molar-refractivity contribution in [2.75, 3.05) is 0 Å². The van der Waals surface area contributed by atoms with Crippen LogP contribution in [0.2, 0.25) is 0 Å². The Kier molecular flexibility index (Phi) is 6.55. The van der Waals surface area contributed by atoms with E-state index in [1.165, 1.54) is 5.56 Å². The number of ether oxygens (including phenoxy) is 3. The third-order valence-electron chi connectivity index (χ3n) is 5.31. The maximum atomic E-state index is 9.89. The molecule has 0 amide bonds. The first-order valence-corrected chi connectivity index (χ1v) is 10.5. The normalized spacial score (nSPS) is 16.6. The van der Waals surface area contributed by atoms with Gasteiger partial charge in [-0.15, -0.1) is 0 Å². The predicted molar refractivity (Wildman–Crippen MR) is 115 cm³/mol. The van der Waals surface area contributed by atoms with Gasteiger partial charge >= 0.3 is 0 Å². The molecule has 2 aromatic rings. The summed E-state index contributed by atoms with van der Waals surface area (Å²) >= 11 is 0. The van der Waals surface area contributed by atoms with E-state index in [0.29, 0.717) is 19.1 Å². The van der Waals surface area contributed by atoms with Gasteiger partial charge in [0.05, 0.1) is 12.2 Å². The van der Waals surface area contributed by atoms with E-state index in [9.17, 15) is 5.11 Å². The fourth-order valence-electron chi connectivity index (χ4n) is 3.57. The molecule has 4 heteroatoms. The Morgan fingerprint density at radius 1 is 1.17 bits per heavy atom. The molecule has 0 spiro atoms. The zero-order valence-corrected chi connectivity index (χ0v) is 18.3. The first-order chi connectivity index (χ1) is 13.6. The van der Waals surface area contributed by atoms with Crippen molar-refractivity contribution in [1.29, 1.82) is 0 Å². The van der Waals surface area contributed by atoms with E-state index < -0.39 is 11.4 Å². The molecule has 0 fully saturated rings. The van der Waals surface area contributed by atoms with E-state index in [-0.39, 0.29) is 0 Å². The zero-order chi connectivity index (χ0) is 21.1. The minimum absolute atomic E-state index is 0.433. The van der Waals surface area contributed by atoms with E-state index in [4.69, 9.17) is 14.2 Å². The van der Waals surface area contributed by atoms with Crippen molar-refractivity contribution in [2.24, 2.45) is 0 Å². The molecule has 2 aromatic carbocycles. The van der Waals surface area contributed by atoms with Gasteiger partial charge in [-0.2, -0.15) is 0 Å². The average molecular weight is 399 g/mol. The van der Waals surface area contributed by atoms with Crippen LogP contribution < -0.4 is 9.47 Å². The average Bonchev–Trinajstić information content (AvgIpc) is 2.65. The molecule has 0 bridgehead atoms. The molecule has 29 heavy (non-hydrogen) atoms. The first-order valence-electron chi connectivity index (χ1n) is 10.5. The van der Waals surface area contributed by atoms with Crippen LogP contribution in [0.25, 0.3) is 0 Å².